The van der Waals surface area contributed by atoms with Crippen molar-refractivity contribution >= 4 is 0 Å². The van der Waals surface area contributed by atoms with E-state index < -0.39 is 5.92 Å². The number of rotatable bonds is 1. The van der Waals surface area contributed by atoms with Crippen LogP contribution in [0.1, 0.15) is 17.0 Å². The van der Waals surface area contributed by atoms with Gasteiger partial charge < -0.3 is 15.5 Å². The summed E-state index contributed by atoms with van der Waals surface area (Å²) in [5, 5.41) is 9.29. The molecule has 20 heavy (non-hydrogen) atoms. The van der Waals surface area contributed by atoms with E-state index in [1.807, 2.05) is 6.07 Å². The van der Waals surface area contributed by atoms with E-state index in [-0.39, 0.29) is 28.5 Å². The Balaban J connectivity index is 2.31. The van der Waals surface area contributed by atoms with Gasteiger partial charge in [0.25, 0.3) is 5.56 Å². The second-order valence-electron chi connectivity index (χ2n) is 4.16. The van der Waals surface area contributed by atoms with E-state index in [2.05, 4.69) is 15.0 Å². The van der Waals surface area contributed by atoms with Gasteiger partial charge in [-0.2, -0.15) is 5.26 Å². The van der Waals surface area contributed by atoms with E-state index in [4.69, 9.17) is 10.5 Å². The lowest BCUT2D eigenvalue weighted by atomic mass is 9.86. The zero-order chi connectivity index (χ0) is 14.1. The minimum absolute atomic E-state index is 0.0417. The van der Waals surface area contributed by atoms with Gasteiger partial charge in [0.2, 0.25) is 11.8 Å². The van der Waals surface area contributed by atoms with Crippen LogP contribution in [0.2, 0.25) is 0 Å². The molecule has 2 aromatic heterocycles. The molecule has 1 atom stereocenters. The Morgan fingerprint density at radius 1 is 1.40 bits per heavy atom. The topological polar surface area (TPSA) is 118 Å². The van der Waals surface area contributed by atoms with E-state index in [9.17, 15) is 10.1 Å². The Morgan fingerprint density at radius 3 is 2.85 bits per heavy atom. The number of fused-ring (bicyclic) bond motifs is 1. The van der Waals surface area contributed by atoms with Crippen molar-refractivity contribution in [2.45, 2.75) is 5.92 Å². The normalized spacial score (nSPS) is 17.1. The van der Waals surface area contributed by atoms with Crippen molar-refractivity contribution in [3.05, 3.63) is 63.8 Å². The minimum atomic E-state index is -0.607. The van der Waals surface area contributed by atoms with Gasteiger partial charge in [-0.1, -0.05) is 0 Å². The fourth-order valence-corrected chi connectivity index (χ4v) is 2.18. The predicted molar refractivity (Wildman–Crippen MR) is 68.4 cm³/mol. The van der Waals surface area contributed by atoms with Gasteiger partial charge in [-0.05, 0) is 17.7 Å². The molecule has 3 N–H and O–H groups in total. The fraction of sp³-hybridized carbons (Fsp3) is 0.0769. The second-order valence-corrected chi connectivity index (χ2v) is 4.16. The molecule has 7 heteroatoms. The standard InChI is InChI=1S/C13H9N5O2/c14-5-8-9(7-1-3-16-4-2-7)10-12(19)17-6-18-13(10)20-11(8)15/h1-4,6,9H,15H2,(H,17,18,19)/t9-/m1/s1. The Hall–Kier alpha value is -3.14. The lowest BCUT2D eigenvalue weighted by molar-refractivity contribution is 0.375. The van der Waals surface area contributed by atoms with Crippen LogP contribution in [0.5, 0.6) is 5.88 Å². The van der Waals surface area contributed by atoms with Crippen LogP contribution in [0.25, 0.3) is 0 Å². The summed E-state index contributed by atoms with van der Waals surface area (Å²) < 4.78 is 5.26. The predicted octanol–water partition coefficient (Wildman–Crippen LogP) is 0.383. The largest absolute Gasteiger partial charge is 0.422 e. The van der Waals surface area contributed by atoms with E-state index in [0.29, 0.717) is 0 Å². The summed E-state index contributed by atoms with van der Waals surface area (Å²) in [5.74, 6) is -0.531. The highest BCUT2D eigenvalue weighted by Crippen LogP contribution is 2.38. The monoisotopic (exact) mass is 267 g/mol. The van der Waals surface area contributed by atoms with E-state index in [1.54, 1.807) is 24.5 Å². The van der Waals surface area contributed by atoms with E-state index >= 15 is 0 Å². The number of nitriles is 1. The molecule has 7 nitrogen and oxygen atoms in total. The summed E-state index contributed by atoms with van der Waals surface area (Å²) in [6.45, 7) is 0. The van der Waals surface area contributed by atoms with Crippen molar-refractivity contribution in [2.75, 3.05) is 0 Å². The fourth-order valence-electron chi connectivity index (χ4n) is 2.18. The summed E-state index contributed by atoms with van der Waals surface area (Å²) >= 11 is 0. The molecule has 0 aromatic carbocycles. The molecule has 0 saturated heterocycles. The minimum Gasteiger partial charge on any atom is -0.422 e. The first kappa shape index (κ1) is 11.9. The quantitative estimate of drug-likeness (QED) is 0.771. The average molecular weight is 267 g/mol. The molecule has 0 aliphatic carbocycles. The van der Waals surface area contributed by atoms with E-state index in [1.165, 1.54) is 6.33 Å². The van der Waals surface area contributed by atoms with Crippen molar-refractivity contribution < 1.29 is 4.74 Å². The van der Waals surface area contributed by atoms with Gasteiger partial charge in [-0.3, -0.25) is 9.78 Å². The molecule has 0 spiro atoms. The van der Waals surface area contributed by atoms with Crippen LogP contribution in [0.15, 0.2) is 47.1 Å². The lowest BCUT2D eigenvalue weighted by Crippen LogP contribution is -2.28. The maximum absolute atomic E-state index is 12.1. The van der Waals surface area contributed by atoms with Crippen molar-refractivity contribution in [2.24, 2.45) is 5.73 Å². The molecular weight excluding hydrogens is 258 g/mol. The highest BCUT2D eigenvalue weighted by Gasteiger charge is 2.33. The van der Waals surface area contributed by atoms with Gasteiger partial charge in [-0.25, -0.2) is 4.98 Å². The number of H-pyrrole nitrogens is 1. The summed E-state index contributed by atoms with van der Waals surface area (Å²) in [6, 6.07) is 5.44. The third kappa shape index (κ3) is 1.71. The van der Waals surface area contributed by atoms with Crippen molar-refractivity contribution in [3.63, 3.8) is 0 Å². The number of hydrogen-bond acceptors (Lipinski definition) is 6. The van der Waals surface area contributed by atoms with Gasteiger partial charge in [0, 0.05) is 12.4 Å². The highest BCUT2D eigenvalue weighted by atomic mass is 16.5. The molecule has 1 aliphatic rings. The molecule has 0 unspecified atom stereocenters. The number of nitrogens with two attached hydrogens (primary N) is 1. The summed E-state index contributed by atoms with van der Waals surface area (Å²) in [6.07, 6.45) is 4.40. The van der Waals surface area contributed by atoms with Crippen LogP contribution in [0, 0.1) is 11.3 Å². The molecule has 0 amide bonds. The molecule has 0 fully saturated rings. The number of aromatic nitrogens is 3. The number of allylic oxidation sites excluding steroid dienone is 1. The smallest absolute Gasteiger partial charge is 0.258 e. The number of nitrogens with one attached hydrogen (secondary N) is 1. The zero-order valence-corrected chi connectivity index (χ0v) is 10.2. The van der Waals surface area contributed by atoms with Crippen LogP contribution in [0.4, 0.5) is 0 Å². The average Bonchev–Trinajstić information content (AvgIpc) is 2.47. The van der Waals surface area contributed by atoms with Crippen molar-refractivity contribution in [1.82, 2.24) is 15.0 Å². The molecule has 0 bridgehead atoms. The van der Waals surface area contributed by atoms with Crippen LogP contribution >= 0.6 is 0 Å². The first-order chi connectivity index (χ1) is 9.72. The number of aromatic amines is 1. The van der Waals surface area contributed by atoms with Crippen LogP contribution < -0.4 is 16.0 Å². The van der Waals surface area contributed by atoms with Crippen molar-refractivity contribution in [1.29, 1.82) is 5.26 Å². The number of hydrogen-bond donors (Lipinski definition) is 2. The van der Waals surface area contributed by atoms with Gasteiger partial charge in [0.1, 0.15) is 11.6 Å². The third-order valence-electron chi connectivity index (χ3n) is 3.06. The first-order valence-electron chi connectivity index (χ1n) is 5.77. The Morgan fingerprint density at radius 2 is 2.15 bits per heavy atom. The molecule has 2 aromatic rings. The molecule has 3 rings (SSSR count). The molecule has 1 aliphatic heterocycles. The van der Waals surface area contributed by atoms with Crippen LogP contribution in [0.3, 0.4) is 0 Å². The Labute approximate surface area is 113 Å². The number of nitrogens with zero attached hydrogens (tertiary/aromatic N) is 3. The molecular formula is C13H9N5O2. The number of pyridine rings is 1. The highest BCUT2D eigenvalue weighted by molar-refractivity contribution is 5.52. The zero-order valence-electron chi connectivity index (χ0n) is 10.2. The Bertz CT molecular complexity index is 788. The Kier molecular flexibility index (Phi) is 2.69. The first-order valence-corrected chi connectivity index (χ1v) is 5.77. The van der Waals surface area contributed by atoms with Crippen LogP contribution in [-0.2, 0) is 0 Å². The second kappa shape index (κ2) is 4.51. The lowest BCUT2D eigenvalue weighted by Gasteiger charge is -2.24. The molecule has 0 saturated carbocycles. The molecule has 98 valence electrons. The summed E-state index contributed by atoms with van der Waals surface area (Å²) in [4.78, 5) is 22.4. The van der Waals surface area contributed by atoms with Crippen LogP contribution in [-0.4, -0.2) is 15.0 Å². The van der Waals surface area contributed by atoms with Crippen molar-refractivity contribution in [3.8, 4) is 11.9 Å². The molecule has 3 heterocycles. The van der Waals surface area contributed by atoms with Gasteiger partial charge in [0.15, 0.2) is 0 Å². The van der Waals surface area contributed by atoms with Gasteiger partial charge in [0.05, 0.1) is 17.8 Å². The maximum Gasteiger partial charge on any atom is 0.258 e. The maximum atomic E-state index is 12.1. The van der Waals surface area contributed by atoms with Gasteiger partial charge in [-0.15, -0.1) is 0 Å². The third-order valence-corrected chi connectivity index (χ3v) is 3.06. The molecule has 0 radical (unpaired) electrons. The summed E-state index contributed by atoms with van der Waals surface area (Å²) in [7, 11) is 0. The number of ether oxygens (including phenoxy) is 1. The summed E-state index contributed by atoms with van der Waals surface area (Å²) in [5.41, 5.74) is 6.56. The van der Waals surface area contributed by atoms with Gasteiger partial charge >= 0.3 is 0 Å². The van der Waals surface area contributed by atoms with E-state index in [0.717, 1.165) is 5.56 Å². The SMILES string of the molecule is N#CC1=C(N)Oc2nc[nH]c(=O)c2[C@@H]1c1ccncc1.